The average Bonchev–Trinajstić information content (AvgIpc) is 2.89. The second-order valence-electron chi connectivity index (χ2n) is 5.11. The number of aromatic nitrogens is 2. The van der Waals surface area contributed by atoms with Crippen LogP contribution in [0.15, 0.2) is 42.7 Å². The Balaban J connectivity index is 2.45. The van der Waals surface area contributed by atoms with Gasteiger partial charge < -0.3 is 9.67 Å². The molecule has 1 atom stereocenters. The summed E-state index contributed by atoms with van der Waals surface area (Å²) >= 11 is 0. The van der Waals surface area contributed by atoms with E-state index < -0.39 is 11.5 Å². The minimum Gasteiger partial charge on any atom is -0.480 e. The van der Waals surface area contributed by atoms with Gasteiger partial charge >= 0.3 is 5.97 Å². The lowest BCUT2D eigenvalue weighted by Gasteiger charge is -2.32. The fraction of sp³-hybridized carbons (Fsp3) is 0.375. The third-order valence-electron chi connectivity index (χ3n) is 3.64. The lowest BCUT2D eigenvalue weighted by molar-refractivity contribution is -0.146. The van der Waals surface area contributed by atoms with Gasteiger partial charge in [0.05, 0.1) is 6.54 Å². The molecule has 1 unspecified atom stereocenters. The Morgan fingerprint density at radius 1 is 1.38 bits per heavy atom. The van der Waals surface area contributed by atoms with Crippen LogP contribution in [-0.2, 0) is 16.9 Å². The zero-order chi connectivity index (χ0) is 15.3. The highest BCUT2D eigenvalue weighted by molar-refractivity contribution is 5.80. The fourth-order valence-electron chi connectivity index (χ4n) is 2.40. The molecule has 0 bridgehead atoms. The van der Waals surface area contributed by atoms with Gasteiger partial charge in [0.2, 0.25) is 0 Å². The summed E-state index contributed by atoms with van der Waals surface area (Å²) in [5.41, 5.74) is -0.401. The van der Waals surface area contributed by atoms with E-state index in [-0.39, 0.29) is 0 Å². The Morgan fingerprint density at radius 2 is 2.10 bits per heavy atom. The number of nitrogens with one attached hydrogen (secondary N) is 1. The summed E-state index contributed by atoms with van der Waals surface area (Å²) in [6, 6.07) is 9.31. The third-order valence-corrected chi connectivity index (χ3v) is 3.64. The maximum absolute atomic E-state index is 12.1. The van der Waals surface area contributed by atoms with Crippen LogP contribution in [-0.4, -0.2) is 27.2 Å². The molecule has 0 aliphatic carbocycles. The van der Waals surface area contributed by atoms with Gasteiger partial charge in [-0.05, 0) is 25.5 Å². The van der Waals surface area contributed by atoms with Crippen LogP contribution < -0.4 is 5.32 Å². The van der Waals surface area contributed by atoms with Crippen molar-refractivity contribution in [3.05, 3.63) is 54.1 Å². The number of hydrogen-bond acceptors (Lipinski definition) is 3. The first-order valence-electron chi connectivity index (χ1n) is 7.12. The number of nitrogens with zero attached hydrogens (tertiary/aromatic N) is 2. The van der Waals surface area contributed by atoms with Crippen LogP contribution in [0.1, 0.15) is 24.7 Å². The van der Waals surface area contributed by atoms with Crippen molar-refractivity contribution in [2.75, 3.05) is 6.54 Å². The molecule has 21 heavy (non-hydrogen) atoms. The summed E-state index contributed by atoms with van der Waals surface area (Å²) in [5.74, 6) is -0.0786. The maximum atomic E-state index is 12.1. The summed E-state index contributed by atoms with van der Waals surface area (Å²) < 4.78 is 1.86. The van der Waals surface area contributed by atoms with E-state index in [2.05, 4.69) is 10.3 Å². The molecule has 2 aromatic rings. The molecular formula is C16H21N3O2. The number of aryl methyl sites for hydroxylation is 1. The highest BCUT2D eigenvalue weighted by atomic mass is 16.4. The molecule has 0 spiro atoms. The first-order valence-corrected chi connectivity index (χ1v) is 7.12. The predicted octanol–water partition coefficient (Wildman–Crippen LogP) is 2.17. The van der Waals surface area contributed by atoms with Crippen molar-refractivity contribution in [3.63, 3.8) is 0 Å². The van der Waals surface area contributed by atoms with Crippen molar-refractivity contribution < 1.29 is 9.90 Å². The van der Waals surface area contributed by atoms with Gasteiger partial charge in [-0.25, -0.2) is 9.78 Å². The van der Waals surface area contributed by atoms with E-state index in [0.29, 0.717) is 13.1 Å². The Labute approximate surface area is 124 Å². The molecule has 5 heteroatoms. The Kier molecular flexibility index (Phi) is 4.75. The van der Waals surface area contributed by atoms with Gasteiger partial charge in [0.1, 0.15) is 5.82 Å². The number of carboxylic acids is 1. The molecule has 0 fully saturated rings. The minimum absolute atomic E-state index is 0.304. The molecule has 2 rings (SSSR count). The SMILES string of the molecule is CCCNC(Cn1ccnc1C)(C(=O)O)c1ccccc1. The van der Waals surface area contributed by atoms with Crippen molar-refractivity contribution in [2.24, 2.45) is 0 Å². The maximum Gasteiger partial charge on any atom is 0.330 e. The lowest BCUT2D eigenvalue weighted by Crippen LogP contribution is -2.52. The molecule has 1 aromatic carbocycles. The molecule has 0 aliphatic rings. The fourth-order valence-corrected chi connectivity index (χ4v) is 2.40. The van der Waals surface area contributed by atoms with E-state index in [0.717, 1.165) is 17.8 Å². The van der Waals surface area contributed by atoms with Crippen LogP contribution in [0.5, 0.6) is 0 Å². The van der Waals surface area contributed by atoms with Gasteiger partial charge in [-0.2, -0.15) is 0 Å². The van der Waals surface area contributed by atoms with E-state index >= 15 is 0 Å². The minimum atomic E-state index is -1.15. The standard InChI is InChI=1S/C16H21N3O2/c1-3-9-18-16(15(20)21,14-7-5-4-6-8-14)12-19-11-10-17-13(19)2/h4-8,10-11,18H,3,9,12H2,1-2H3,(H,20,21). The van der Waals surface area contributed by atoms with Crippen LogP contribution in [0.4, 0.5) is 0 Å². The van der Waals surface area contributed by atoms with Crippen LogP contribution in [0.3, 0.4) is 0 Å². The summed E-state index contributed by atoms with van der Waals surface area (Å²) in [6.07, 6.45) is 4.36. The Hall–Kier alpha value is -2.14. The van der Waals surface area contributed by atoms with Crippen molar-refractivity contribution in [1.82, 2.24) is 14.9 Å². The number of carbonyl (C=O) groups is 1. The number of imidazole rings is 1. The van der Waals surface area contributed by atoms with Gasteiger partial charge in [0.25, 0.3) is 0 Å². The predicted molar refractivity (Wildman–Crippen MR) is 81.0 cm³/mol. The first kappa shape index (κ1) is 15.3. The van der Waals surface area contributed by atoms with Gasteiger partial charge in [-0.3, -0.25) is 5.32 Å². The molecule has 1 aromatic heterocycles. The molecule has 0 saturated heterocycles. The highest BCUT2D eigenvalue weighted by Crippen LogP contribution is 2.25. The molecule has 1 heterocycles. The Bertz CT molecular complexity index is 595. The van der Waals surface area contributed by atoms with E-state index in [1.54, 1.807) is 6.20 Å². The van der Waals surface area contributed by atoms with Gasteiger partial charge in [0.15, 0.2) is 5.54 Å². The first-order chi connectivity index (χ1) is 10.1. The van der Waals surface area contributed by atoms with Crippen LogP contribution in [0, 0.1) is 6.92 Å². The molecule has 0 aliphatic heterocycles. The third kappa shape index (κ3) is 3.13. The molecule has 0 amide bonds. The quantitative estimate of drug-likeness (QED) is 0.819. The number of aliphatic carboxylic acids is 1. The zero-order valence-corrected chi connectivity index (χ0v) is 12.4. The molecule has 112 valence electrons. The summed E-state index contributed by atoms with van der Waals surface area (Å²) in [4.78, 5) is 16.2. The van der Waals surface area contributed by atoms with Crippen molar-refractivity contribution in [1.29, 1.82) is 0 Å². The highest BCUT2D eigenvalue weighted by Gasteiger charge is 2.40. The largest absolute Gasteiger partial charge is 0.480 e. The van der Waals surface area contributed by atoms with Crippen LogP contribution in [0.2, 0.25) is 0 Å². The summed E-state index contributed by atoms with van der Waals surface area (Å²) in [7, 11) is 0. The van der Waals surface area contributed by atoms with Gasteiger partial charge in [0, 0.05) is 12.4 Å². The number of carboxylic acid groups (broad SMARTS) is 1. The van der Waals surface area contributed by atoms with E-state index in [1.807, 2.05) is 54.9 Å². The lowest BCUT2D eigenvalue weighted by atomic mass is 9.89. The van der Waals surface area contributed by atoms with Gasteiger partial charge in [-0.1, -0.05) is 37.3 Å². The van der Waals surface area contributed by atoms with Gasteiger partial charge in [-0.15, -0.1) is 0 Å². The summed E-state index contributed by atoms with van der Waals surface area (Å²) in [6.45, 7) is 4.83. The van der Waals surface area contributed by atoms with Crippen molar-refractivity contribution >= 4 is 5.97 Å². The van der Waals surface area contributed by atoms with Crippen molar-refractivity contribution in [2.45, 2.75) is 32.4 Å². The summed E-state index contributed by atoms with van der Waals surface area (Å²) in [5, 5.41) is 13.1. The molecule has 5 nitrogen and oxygen atoms in total. The Morgan fingerprint density at radius 3 is 2.62 bits per heavy atom. The normalized spacial score (nSPS) is 13.8. The molecule has 2 N–H and O–H groups in total. The smallest absolute Gasteiger partial charge is 0.330 e. The van der Waals surface area contributed by atoms with Crippen molar-refractivity contribution in [3.8, 4) is 0 Å². The molecular weight excluding hydrogens is 266 g/mol. The van der Waals surface area contributed by atoms with E-state index in [9.17, 15) is 9.90 Å². The number of rotatable bonds is 7. The van der Waals surface area contributed by atoms with Crippen LogP contribution >= 0.6 is 0 Å². The average molecular weight is 287 g/mol. The topological polar surface area (TPSA) is 67.2 Å². The number of hydrogen-bond donors (Lipinski definition) is 2. The van der Waals surface area contributed by atoms with E-state index in [4.69, 9.17) is 0 Å². The van der Waals surface area contributed by atoms with E-state index in [1.165, 1.54) is 0 Å². The second kappa shape index (κ2) is 6.54. The zero-order valence-electron chi connectivity index (χ0n) is 12.4. The molecule has 0 radical (unpaired) electrons. The second-order valence-corrected chi connectivity index (χ2v) is 5.11. The van der Waals surface area contributed by atoms with Crippen LogP contribution in [0.25, 0.3) is 0 Å². The molecule has 0 saturated carbocycles. The number of benzene rings is 1. The monoisotopic (exact) mass is 287 g/mol.